The summed E-state index contributed by atoms with van der Waals surface area (Å²) in [6.45, 7) is 0.895. The molecular formula is C29H34N6O5S. The van der Waals surface area contributed by atoms with E-state index in [1.54, 1.807) is 48.5 Å². The molecule has 12 heteroatoms. The summed E-state index contributed by atoms with van der Waals surface area (Å²) < 4.78 is 40.2. The quantitative estimate of drug-likeness (QED) is 0.190. The molecule has 0 saturated heterocycles. The average molecular weight is 579 g/mol. The van der Waals surface area contributed by atoms with Gasteiger partial charge in [0.25, 0.3) is 10.0 Å². The van der Waals surface area contributed by atoms with Crippen molar-refractivity contribution in [3.63, 3.8) is 0 Å². The van der Waals surface area contributed by atoms with Gasteiger partial charge in [0.1, 0.15) is 11.5 Å². The lowest BCUT2D eigenvalue weighted by Gasteiger charge is -2.15. The summed E-state index contributed by atoms with van der Waals surface area (Å²) in [5.74, 6) is 1.09. The number of sulfonamides is 1. The monoisotopic (exact) mass is 578 g/mol. The highest BCUT2D eigenvalue weighted by molar-refractivity contribution is 7.92. The molecule has 0 saturated carbocycles. The van der Waals surface area contributed by atoms with Crippen LogP contribution in [-0.2, 0) is 14.8 Å². The van der Waals surface area contributed by atoms with Crippen molar-refractivity contribution in [1.82, 2.24) is 14.9 Å². The number of amides is 1. The third-order valence-corrected chi connectivity index (χ3v) is 7.44. The Morgan fingerprint density at radius 2 is 1.49 bits per heavy atom. The minimum Gasteiger partial charge on any atom is -0.497 e. The molecule has 4 aromatic rings. The summed E-state index contributed by atoms with van der Waals surface area (Å²) >= 11 is 0. The van der Waals surface area contributed by atoms with Crippen LogP contribution in [0.5, 0.6) is 11.5 Å². The molecule has 0 bridgehead atoms. The molecule has 0 aliphatic carbocycles. The molecule has 1 amide bonds. The Balaban J connectivity index is 1.59. The predicted molar refractivity (Wildman–Crippen MR) is 161 cm³/mol. The van der Waals surface area contributed by atoms with E-state index < -0.39 is 10.0 Å². The van der Waals surface area contributed by atoms with Gasteiger partial charge in [-0.2, -0.15) is 0 Å². The number of methoxy groups -OCH3 is 2. The number of rotatable bonds is 13. The van der Waals surface area contributed by atoms with Gasteiger partial charge in [0.2, 0.25) is 5.91 Å². The Bertz CT molecular complexity index is 1610. The van der Waals surface area contributed by atoms with Crippen LogP contribution in [-0.4, -0.2) is 64.1 Å². The molecule has 0 radical (unpaired) electrons. The molecule has 0 unspecified atom stereocenters. The number of carbonyl (C=O) groups excluding carboxylic acids is 1. The number of nitrogens with one attached hydrogen (secondary N) is 3. The molecule has 0 aliphatic heterocycles. The number of unbranched alkanes of at least 4 members (excludes halogenated alkanes) is 1. The number of hydrogen-bond acceptors (Lipinski definition) is 9. The van der Waals surface area contributed by atoms with Crippen LogP contribution in [0.1, 0.15) is 19.3 Å². The van der Waals surface area contributed by atoms with Crippen molar-refractivity contribution in [2.45, 2.75) is 24.2 Å². The van der Waals surface area contributed by atoms with Crippen LogP contribution < -0.4 is 24.8 Å². The Labute approximate surface area is 240 Å². The maximum Gasteiger partial charge on any atom is 0.263 e. The number of hydrogen-bond donors (Lipinski definition) is 3. The van der Waals surface area contributed by atoms with Crippen molar-refractivity contribution in [3.05, 3.63) is 66.7 Å². The molecule has 216 valence electrons. The summed E-state index contributed by atoms with van der Waals surface area (Å²) in [6, 6.07) is 18.4. The first-order chi connectivity index (χ1) is 19.7. The number of para-hydroxylation sites is 2. The normalized spacial score (nSPS) is 11.3. The number of nitrogens with zero attached hydrogens (tertiary/aromatic N) is 3. The minimum absolute atomic E-state index is 0.000757. The Kier molecular flexibility index (Phi) is 9.58. The number of aromatic nitrogens is 2. The largest absolute Gasteiger partial charge is 0.497 e. The zero-order valence-electron chi connectivity index (χ0n) is 23.5. The van der Waals surface area contributed by atoms with E-state index in [2.05, 4.69) is 30.2 Å². The van der Waals surface area contributed by atoms with Crippen molar-refractivity contribution in [2.24, 2.45) is 0 Å². The number of benzene rings is 3. The Hall–Kier alpha value is -4.42. The van der Waals surface area contributed by atoms with Crippen LogP contribution in [0.15, 0.2) is 71.6 Å². The maximum atomic E-state index is 13.5. The number of fused-ring (bicyclic) bond motifs is 1. The van der Waals surface area contributed by atoms with E-state index in [-0.39, 0.29) is 22.4 Å². The van der Waals surface area contributed by atoms with E-state index in [1.165, 1.54) is 26.4 Å². The van der Waals surface area contributed by atoms with Crippen LogP contribution in [0, 0.1) is 0 Å². The lowest BCUT2D eigenvalue weighted by atomic mass is 10.2. The molecular weight excluding hydrogens is 544 g/mol. The van der Waals surface area contributed by atoms with Crippen LogP contribution in [0.4, 0.5) is 23.0 Å². The fourth-order valence-corrected chi connectivity index (χ4v) is 5.09. The van der Waals surface area contributed by atoms with Gasteiger partial charge in [0.05, 0.1) is 30.1 Å². The van der Waals surface area contributed by atoms with Crippen molar-refractivity contribution >= 4 is 50.0 Å². The second-order valence-corrected chi connectivity index (χ2v) is 11.3. The summed E-state index contributed by atoms with van der Waals surface area (Å²) in [5, 5.41) is 5.92. The zero-order chi connectivity index (χ0) is 29.4. The van der Waals surface area contributed by atoms with Gasteiger partial charge in [-0.3, -0.25) is 9.52 Å². The third kappa shape index (κ3) is 8.05. The van der Waals surface area contributed by atoms with Crippen LogP contribution >= 0.6 is 0 Å². The topological polar surface area (TPSA) is 135 Å². The highest BCUT2D eigenvalue weighted by Crippen LogP contribution is 2.31. The first kappa shape index (κ1) is 29.6. The lowest BCUT2D eigenvalue weighted by molar-refractivity contribution is -0.116. The molecule has 4 rings (SSSR count). The highest BCUT2D eigenvalue weighted by Gasteiger charge is 2.20. The standard InChI is InChI=1S/C29H34N6O5S/c1-35(2)15-8-7-14-27(36)30-20-10-9-11-24(18-20)41(37,38)34-29-28(32-25-12-5-6-13-26(25)33-29)31-21-16-22(39-3)19-23(17-21)40-4/h5-6,9-13,16-19H,7-8,14-15H2,1-4H3,(H,30,36)(H,31,32)(H,33,34). The number of carbonyl (C=O) groups is 1. The van der Waals surface area contributed by atoms with Gasteiger partial charge in [-0.1, -0.05) is 18.2 Å². The molecule has 11 nitrogen and oxygen atoms in total. The van der Waals surface area contributed by atoms with Crippen LogP contribution in [0.2, 0.25) is 0 Å². The zero-order valence-corrected chi connectivity index (χ0v) is 24.3. The first-order valence-electron chi connectivity index (χ1n) is 13.0. The number of anilines is 4. The Morgan fingerprint density at radius 3 is 2.12 bits per heavy atom. The molecule has 0 aliphatic rings. The van der Waals surface area contributed by atoms with Crippen molar-refractivity contribution in [2.75, 3.05) is 50.2 Å². The molecule has 1 heterocycles. The summed E-state index contributed by atoms with van der Waals surface area (Å²) in [5.41, 5.74) is 2.02. The van der Waals surface area contributed by atoms with Gasteiger partial charge in [0, 0.05) is 36.0 Å². The fourth-order valence-electron chi connectivity index (χ4n) is 4.04. The fraction of sp³-hybridized carbons (Fsp3) is 0.276. The molecule has 3 aromatic carbocycles. The van der Waals surface area contributed by atoms with Crippen LogP contribution in [0.25, 0.3) is 11.0 Å². The smallest absolute Gasteiger partial charge is 0.263 e. The Morgan fingerprint density at radius 1 is 0.829 bits per heavy atom. The first-order valence-corrected chi connectivity index (χ1v) is 14.5. The molecule has 41 heavy (non-hydrogen) atoms. The third-order valence-electron chi connectivity index (χ3n) is 6.10. The van der Waals surface area contributed by atoms with Gasteiger partial charge in [-0.25, -0.2) is 18.4 Å². The van der Waals surface area contributed by atoms with Crippen LogP contribution in [0.3, 0.4) is 0 Å². The maximum absolute atomic E-state index is 13.5. The van der Waals surface area contributed by atoms with Crippen molar-refractivity contribution in [3.8, 4) is 11.5 Å². The minimum atomic E-state index is -4.11. The summed E-state index contributed by atoms with van der Waals surface area (Å²) in [7, 11) is 2.93. The van der Waals surface area contributed by atoms with Gasteiger partial charge in [-0.15, -0.1) is 0 Å². The highest BCUT2D eigenvalue weighted by atomic mass is 32.2. The van der Waals surface area contributed by atoms with Gasteiger partial charge in [-0.05, 0) is 63.8 Å². The van der Waals surface area contributed by atoms with E-state index >= 15 is 0 Å². The van der Waals surface area contributed by atoms with E-state index in [1.807, 2.05) is 20.2 Å². The second-order valence-electron chi connectivity index (χ2n) is 9.58. The lowest BCUT2D eigenvalue weighted by Crippen LogP contribution is -2.17. The number of ether oxygens (including phenoxy) is 2. The second kappa shape index (κ2) is 13.3. The average Bonchev–Trinajstić information content (AvgIpc) is 2.95. The van der Waals surface area contributed by atoms with Gasteiger partial charge in [0.15, 0.2) is 11.6 Å². The molecule has 0 fully saturated rings. The van der Waals surface area contributed by atoms with E-state index in [0.717, 1.165) is 19.4 Å². The van der Waals surface area contributed by atoms with Crippen molar-refractivity contribution < 1.29 is 22.7 Å². The predicted octanol–water partition coefficient (Wildman–Crippen LogP) is 4.86. The SMILES string of the molecule is COc1cc(Nc2nc3ccccc3nc2NS(=O)(=O)c2cccc(NC(=O)CCCCN(C)C)c2)cc(OC)c1. The molecule has 0 atom stereocenters. The van der Waals surface area contributed by atoms with Gasteiger partial charge >= 0.3 is 0 Å². The van der Waals surface area contributed by atoms with Gasteiger partial charge < -0.3 is 25.0 Å². The summed E-state index contributed by atoms with van der Waals surface area (Å²) in [4.78, 5) is 23.6. The van der Waals surface area contributed by atoms with Crippen molar-refractivity contribution in [1.29, 1.82) is 0 Å². The molecule has 3 N–H and O–H groups in total. The summed E-state index contributed by atoms with van der Waals surface area (Å²) in [6.07, 6.45) is 1.98. The molecule has 1 aromatic heterocycles. The molecule has 0 spiro atoms. The van der Waals surface area contributed by atoms with E-state index in [0.29, 0.717) is 40.3 Å². The van der Waals surface area contributed by atoms with E-state index in [9.17, 15) is 13.2 Å². The van der Waals surface area contributed by atoms with E-state index in [4.69, 9.17) is 9.47 Å².